The second kappa shape index (κ2) is 8.30. The molecule has 0 unspecified atom stereocenters. The Balaban J connectivity index is 0.000000948. The highest BCUT2D eigenvalue weighted by Crippen LogP contribution is 2.27. The van der Waals surface area contributed by atoms with E-state index in [0.717, 1.165) is 22.4 Å². The van der Waals surface area contributed by atoms with E-state index in [4.69, 9.17) is 4.98 Å². The highest BCUT2D eigenvalue weighted by Gasteiger charge is 2.07. The highest BCUT2D eigenvalue weighted by molar-refractivity contribution is 5.81. The first-order chi connectivity index (χ1) is 12.8. The molecule has 0 aliphatic carbocycles. The summed E-state index contributed by atoms with van der Waals surface area (Å²) < 4.78 is 0. The fraction of sp³-hybridized carbons (Fsp3) is 0.125. The summed E-state index contributed by atoms with van der Waals surface area (Å²) in [6.45, 7) is 4.00. The molecule has 130 valence electrons. The van der Waals surface area contributed by atoms with Gasteiger partial charge < -0.3 is 4.90 Å². The summed E-state index contributed by atoms with van der Waals surface area (Å²) in [5.41, 5.74) is 4.59. The van der Waals surface area contributed by atoms with Crippen molar-refractivity contribution in [3.8, 4) is 11.1 Å². The summed E-state index contributed by atoms with van der Waals surface area (Å²) in [4.78, 5) is 6.87. The molecule has 26 heavy (non-hydrogen) atoms. The van der Waals surface area contributed by atoms with Gasteiger partial charge in [-0.3, -0.25) is 0 Å². The second-order valence-electron chi connectivity index (χ2n) is 5.83. The molecule has 2 nitrogen and oxygen atoms in total. The quantitative estimate of drug-likeness (QED) is 0.413. The molecule has 3 aromatic carbocycles. The average Bonchev–Trinajstić information content (AvgIpc) is 2.75. The third-order valence-electron chi connectivity index (χ3n) is 4.29. The van der Waals surface area contributed by atoms with Crippen molar-refractivity contribution >= 4 is 22.4 Å². The third kappa shape index (κ3) is 3.75. The smallest absolute Gasteiger partial charge is 0.133 e. The molecule has 0 saturated heterocycles. The van der Waals surface area contributed by atoms with Crippen LogP contribution in [0.25, 0.3) is 22.0 Å². The Bertz CT molecular complexity index is 960. The van der Waals surface area contributed by atoms with Gasteiger partial charge in [-0.25, -0.2) is 4.98 Å². The molecular weight excluding hydrogens is 316 g/mol. The van der Waals surface area contributed by atoms with Gasteiger partial charge in [-0.15, -0.1) is 0 Å². The molecule has 0 saturated carbocycles. The van der Waals surface area contributed by atoms with Crippen molar-refractivity contribution in [3.05, 3.63) is 91.0 Å². The Morgan fingerprint density at radius 1 is 0.615 bits per heavy atom. The second-order valence-corrected chi connectivity index (χ2v) is 5.83. The van der Waals surface area contributed by atoms with Crippen LogP contribution in [0.2, 0.25) is 0 Å². The maximum Gasteiger partial charge on any atom is 0.133 e. The van der Waals surface area contributed by atoms with Crippen molar-refractivity contribution in [1.82, 2.24) is 4.98 Å². The third-order valence-corrected chi connectivity index (χ3v) is 4.29. The summed E-state index contributed by atoms with van der Waals surface area (Å²) in [6.07, 6.45) is 0. The van der Waals surface area contributed by atoms with Crippen LogP contribution in [0, 0.1) is 0 Å². The molecule has 0 amide bonds. The average molecular weight is 340 g/mol. The fourth-order valence-electron chi connectivity index (χ4n) is 2.88. The number of benzene rings is 3. The molecule has 0 aliphatic rings. The number of hydrogen-bond donors (Lipinski definition) is 0. The topological polar surface area (TPSA) is 16.1 Å². The SMILES string of the molecule is CC.CN(c1ccc(-c2ccccc2)cc1)c1ccc2ccccc2n1. The van der Waals surface area contributed by atoms with E-state index in [2.05, 4.69) is 78.7 Å². The Morgan fingerprint density at radius 3 is 1.96 bits per heavy atom. The fourth-order valence-corrected chi connectivity index (χ4v) is 2.88. The molecule has 0 fully saturated rings. The predicted octanol–water partition coefficient (Wildman–Crippen LogP) is 6.70. The first kappa shape index (κ1) is 17.7. The van der Waals surface area contributed by atoms with Gasteiger partial charge in [0, 0.05) is 18.1 Å². The van der Waals surface area contributed by atoms with Crippen LogP contribution in [0.4, 0.5) is 11.5 Å². The predicted molar refractivity (Wildman–Crippen MR) is 113 cm³/mol. The first-order valence-corrected chi connectivity index (χ1v) is 9.06. The van der Waals surface area contributed by atoms with Crippen molar-refractivity contribution in [2.75, 3.05) is 11.9 Å². The van der Waals surface area contributed by atoms with E-state index in [-0.39, 0.29) is 0 Å². The van der Waals surface area contributed by atoms with Gasteiger partial charge in [0.1, 0.15) is 5.82 Å². The number of hydrogen-bond acceptors (Lipinski definition) is 2. The largest absolute Gasteiger partial charge is 0.329 e. The summed E-state index contributed by atoms with van der Waals surface area (Å²) in [6, 6.07) is 31.4. The van der Waals surface area contributed by atoms with Gasteiger partial charge >= 0.3 is 0 Å². The summed E-state index contributed by atoms with van der Waals surface area (Å²) in [5.74, 6) is 0.946. The number of rotatable bonds is 3. The Labute approximate surface area is 155 Å². The molecule has 0 atom stereocenters. The molecule has 2 heteroatoms. The van der Waals surface area contributed by atoms with Gasteiger partial charge in [0.05, 0.1) is 5.52 Å². The molecule has 4 rings (SSSR count). The van der Waals surface area contributed by atoms with Crippen LogP contribution in [0.3, 0.4) is 0 Å². The minimum absolute atomic E-state index is 0.946. The summed E-state index contributed by atoms with van der Waals surface area (Å²) in [7, 11) is 2.05. The van der Waals surface area contributed by atoms with E-state index >= 15 is 0 Å². The number of pyridine rings is 1. The van der Waals surface area contributed by atoms with Crippen molar-refractivity contribution in [3.63, 3.8) is 0 Å². The standard InChI is InChI=1S/C22H18N2.C2H6/c1-24(22-16-13-19-9-5-6-10-21(19)23-22)20-14-11-18(12-15-20)17-7-3-2-4-8-17;1-2/h2-16H,1H3;1-2H3. The number of para-hydroxylation sites is 1. The van der Waals surface area contributed by atoms with Gasteiger partial charge in [-0.1, -0.05) is 74.5 Å². The Hall–Kier alpha value is -3.13. The van der Waals surface area contributed by atoms with Gasteiger partial charge in [0.25, 0.3) is 0 Å². The van der Waals surface area contributed by atoms with Crippen LogP contribution < -0.4 is 4.90 Å². The van der Waals surface area contributed by atoms with E-state index < -0.39 is 0 Å². The van der Waals surface area contributed by atoms with Crippen LogP contribution in [0.15, 0.2) is 91.0 Å². The monoisotopic (exact) mass is 340 g/mol. The number of aromatic nitrogens is 1. The molecule has 1 heterocycles. The lowest BCUT2D eigenvalue weighted by Crippen LogP contribution is -2.10. The van der Waals surface area contributed by atoms with E-state index in [1.54, 1.807) is 0 Å². The highest BCUT2D eigenvalue weighted by atomic mass is 15.2. The van der Waals surface area contributed by atoms with Gasteiger partial charge in [-0.2, -0.15) is 0 Å². The normalized spacial score (nSPS) is 10.1. The molecular formula is C24H24N2. The minimum Gasteiger partial charge on any atom is -0.329 e. The summed E-state index contributed by atoms with van der Waals surface area (Å²) >= 11 is 0. The van der Waals surface area contributed by atoms with Crippen molar-refractivity contribution in [1.29, 1.82) is 0 Å². The molecule has 4 aromatic rings. The lowest BCUT2D eigenvalue weighted by molar-refractivity contribution is 1.15. The molecule has 0 N–H and O–H groups in total. The molecule has 0 aliphatic heterocycles. The zero-order valence-corrected chi connectivity index (χ0v) is 15.6. The molecule has 0 bridgehead atoms. The van der Waals surface area contributed by atoms with Gasteiger partial charge in [0.15, 0.2) is 0 Å². The number of nitrogens with zero attached hydrogens (tertiary/aromatic N) is 2. The minimum atomic E-state index is 0.946. The van der Waals surface area contributed by atoms with E-state index in [9.17, 15) is 0 Å². The number of anilines is 2. The molecule has 0 spiro atoms. The molecule has 1 aromatic heterocycles. The first-order valence-electron chi connectivity index (χ1n) is 9.06. The van der Waals surface area contributed by atoms with Crippen molar-refractivity contribution in [2.45, 2.75) is 13.8 Å². The molecule has 0 radical (unpaired) electrons. The van der Waals surface area contributed by atoms with E-state index in [1.807, 2.05) is 38.1 Å². The Kier molecular flexibility index (Phi) is 5.65. The van der Waals surface area contributed by atoms with Gasteiger partial charge in [0.2, 0.25) is 0 Å². The maximum atomic E-state index is 4.76. The zero-order chi connectivity index (χ0) is 18.4. The van der Waals surface area contributed by atoms with E-state index in [0.29, 0.717) is 0 Å². The van der Waals surface area contributed by atoms with Gasteiger partial charge in [-0.05, 0) is 41.5 Å². The van der Waals surface area contributed by atoms with Crippen LogP contribution in [0.5, 0.6) is 0 Å². The van der Waals surface area contributed by atoms with Crippen LogP contribution in [0.1, 0.15) is 13.8 Å². The van der Waals surface area contributed by atoms with Crippen LogP contribution >= 0.6 is 0 Å². The summed E-state index contributed by atoms with van der Waals surface area (Å²) in [5, 5.41) is 1.16. The van der Waals surface area contributed by atoms with E-state index in [1.165, 1.54) is 11.1 Å². The van der Waals surface area contributed by atoms with Crippen molar-refractivity contribution < 1.29 is 0 Å². The van der Waals surface area contributed by atoms with Crippen LogP contribution in [-0.2, 0) is 0 Å². The maximum absolute atomic E-state index is 4.76. The van der Waals surface area contributed by atoms with Crippen molar-refractivity contribution in [2.24, 2.45) is 0 Å². The Morgan fingerprint density at radius 2 is 1.23 bits per heavy atom. The number of fused-ring (bicyclic) bond motifs is 1. The lowest BCUT2D eigenvalue weighted by Gasteiger charge is -2.19. The lowest BCUT2D eigenvalue weighted by atomic mass is 10.1. The zero-order valence-electron chi connectivity index (χ0n) is 15.6. The van der Waals surface area contributed by atoms with Crippen LogP contribution in [-0.4, -0.2) is 12.0 Å².